The molecule has 0 radical (unpaired) electrons. The fourth-order valence-electron chi connectivity index (χ4n) is 1.79. The van der Waals surface area contributed by atoms with E-state index in [-0.39, 0.29) is 5.92 Å². The van der Waals surface area contributed by atoms with Crippen LogP contribution in [0.4, 0.5) is 5.82 Å². The van der Waals surface area contributed by atoms with Crippen LogP contribution in [0.3, 0.4) is 0 Å². The molecule has 0 saturated heterocycles. The lowest BCUT2D eigenvalue weighted by atomic mass is 10.2. The SMILES string of the molecule is Cc1c(Cl)nc(C(C)C)nc1NCCOc1ccccc1. The summed E-state index contributed by atoms with van der Waals surface area (Å²) in [4.78, 5) is 8.81. The van der Waals surface area contributed by atoms with Crippen molar-refractivity contribution in [2.24, 2.45) is 0 Å². The van der Waals surface area contributed by atoms with Crippen molar-refractivity contribution >= 4 is 17.4 Å². The largest absolute Gasteiger partial charge is 0.492 e. The van der Waals surface area contributed by atoms with Crippen LogP contribution in [0.1, 0.15) is 31.2 Å². The average Bonchev–Trinajstić information content (AvgIpc) is 2.48. The first-order valence-corrected chi connectivity index (χ1v) is 7.41. The van der Waals surface area contributed by atoms with E-state index in [2.05, 4.69) is 15.3 Å². The van der Waals surface area contributed by atoms with E-state index in [4.69, 9.17) is 16.3 Å². The molecule has 0 spiro atoms. The van der Waals surface area contributed by atoms with Gasteiger partial charge in [0.25, 0.3) is 0 Å². The Morgan fingerprint density at radius 1 is 1.19 bits per heavy atom. The van der Waals surface area contributed by atoms with Gasteiger partial charge in [-0.3, -0.25) is 0 Å². The second-order valence-corrected chi connectivity index (χ2v) is 5.45. The van der Waals surface area contributed by atoms with Crippen LogP contribution >= 0.6 is 11.6 Å². The number of ether oxygens (including phenoxy) is 1. The lowest BCUT2D eigenvalue weighted by Gasteiger charge is -2.13. The van der Waals surface area contributed by atoms with Crippen molar-refractivity contribution in [3.05, 3.63) is 46.9 Å². The van der Waals surface area contributed by atoms with Gasteiger partial charge in [-0.1, -0.05) is 43.6 Å². The molecule has 21 heavy (non-hydrogen) atoms. The smallest absolute Gasteiger partial charge is 0.137 e. The number of hydrogen-bond donors (Lipinski definition) is 1. The fourth-order valence-corrected chi connectivity index (χ4v) is 1.97. The molecule has 112 valence electrons. The van der Waals surface area contributed by atoms with E-state index in [1.54, 1.807) is 0 Å². The number of nitrogens with zero attached hydrogens (tertiary/aromatic N) is 2. The van der Waals surface area contributed by atoms with E-state index in [9.17, 15) is 0 Å². The van der Waals surface area contributed by atoms with Crippen molar-refractivity contribution in [1.82, 2.24) is 9.97 Å². The van der Waals surface area contributed by atoms with Crippen molar-refractivity contribution in [3.63, 3.8) is 0 Å². The molecule has 2 rings (SSSR count). The molecule has 0 aliphatic carbocycles. The van der Waals surface area contributed by atoms with E-state index in [1.165, 1.54) is 0 Å². The van der Waals surface area contributed by atoms with Gasteiger partial charge in [0.05, 0.1) is 6.54 Å². The van der Waals surface area contributed by atoms with Gasteiger partial charge in [0, 0.05) is 11.5 Å². The quantitative estimate of drug-likeness (QED) is 0.646. The second kappa shape index (κ2) is 7.27. The Kier molecular flexibility index (Phi) is 5.39. The van der Waals surface area contributed by atoms with Gasteiger partial charge in [0.2, 0.25) is 0 Å². The molecule has 0 atom stereocenters. The molecule has 1 N–H and O–H groups in total. The molecule has 1 heterocycles. The van der Waals surface area contributed by atoms with Crippen LogP contribution in [0.25, 0.3) is 0 Å². The van der Waals surface area contributed by atoms with Gasteiger partial charge in [-0.05, 0) is 19.1 Å². The topological polar surface area (TPSA) is 47.0 Å². The van der Waals surface area contributed by atoms with Gasteiger partial charge in [-0.25, -0.2) is 9.97 Å². The first kappa shape index (κ1) is 15.6. The Bertz CT molecular complexity index is 588. The monoisotopic (exact) mass is 305 g/mol. The number of benzene rings is 1. The Labute approximate surface area is 130 Å². The van der Waals surface area contributed by atoms with Gasteiger partial charge >= 0.3 is 0 Å². The molecule has 4 nitrogen and oxygen atoms in total. The number of halogens is 1. The van der Waals surface area contributed by atoms with Crippen molar-refractivity contribution in [2.45, 2.75) is 26.7 Å². The highest BCUT2D eigenvalue weighted by Gasteiger charge is 2.11. The zero-order chi connectivity index (χ0) is 15.2. The molecule has 0 aliphatic rings. The minimum Gasteiger partial charge on any atom is -0.492 e. The lowest BCUT2D eigenvalue weighted by molar-refractivity contribution is 0.332. The molecule has 0 saturated carbocycles. The summed E-state index contributed by atoms with van der Waals surface area (Å²) in [5.41, 5.74) is 0.862. The van der Waals surface area contributed by atoms with Gasteiger partial charge in [-0.15, -0.1) is 0 Å². The summed E-state index contributed by atoms with van der Waals surface area (Å²) in [5, 5.41) is 3.76. The molecular weight excluding hydrogens is 286 g/mol. The Balaban J connectivity index is 1.93. The molecule has 0 unspecified atom stereocenters. The summed E-state index contributed by atoms with van der Waals surface area (Å²) in [6, 6.07) is 9.73. The minimum absolute atomic E-state index is 0.240. The van der Waals surface area contributed by atoms with E-state index in [0.717, 1.165) is 23.0 Å². The molecule has 0 fully saturated rings. The normalized spacial score (nSPS) is 10.7. The maximum Gasteiger partial charge on any atom is 0.137 e. The summed E-state index contributed by atoms with van der Waals surface area (Å²) in [6.07, 6.45) is 0. The molecule has 2 aromatic rings. The van der Waals surface area contributed by atoms with E-state index >= 15 is 0 Å². The molecule has 0 amide bonds. The summed E-state index contributed by atoms with van der Waals surface area (Å²) in [6.45, 7) is 7.21. The highest BCUT2D eigenvalue weighted by molar-refractivity contribution is 6.30. The highest BCUT2D eigenvalue weighted by atomic mass is 35.5. The molecule has 1 aromatic heterocycles. The number of para-hydroxylation sites is 1. The van der Waals surface area contributed by atoms with E-state index < -0.39 is 0 Å². The third-order valence-corrected chi connectivity index (χ3v) is 3.39. The third-order valence-electron chi connectivity index (χ3n) is 3.03. The van der Waals surface area contributed by atoms with Crippen LogP contribution in [-0.4, -0.2) is 23.1 Å². The standard InChI is InChI=1S/C16H20ClN3O/c1-11(2)15-19-14(17)12(3)16(20-15)18-9-10-21-13-7-5-4-6-8-13/h4-8,11H,9-10H2,1-3H3,(H,18,19,20). The number of rotatable bonds is 6. The van der Waals surface area contributed by atoms with Crippen molar-refractivity contribution in [2.75, 3.05) is 18.5 Å². The van der Waals surface area contributed by atoms with Gasteiger partial charge in [0.15, 0.2) is 0 Å². The number of nitrogens with one attached hydrogen (secondary N) is 1. The molecule has 1 aromatic carbocycles. The van der Waals surface area contributed by atoms with Crippen molar-refractivity contribution in [3.8, 4) is 5.75 Å². The lowest BCUT2D eigenvalue weighted by Crippen LogP contribution is -2.14. The maximum absolute atomic E-state index is 6.15. The van der Waals surface area contributed by atoms with Gasteiger partial charge in [0.1, 0.15) is 29.2 Å². The van der Waals surface area contributed by atoms with Gasteiger partial charge in [-0.2, -0.15) is 0 Å². The van der Waals surface area contributed by atoms with Crippen LogP contribution in [-0.2, 0) is 0 Å². The van der Waals surface area contributed by atoms with Gasteiger partial charge < -0.3 is 10.1 Å². The van der Waals surface area contributed by atoms with Crippen LogP contribution in [0.5, 0.6) is 5.75 Å². The molecule has 0 aliphatic heterocycles. The van der Waals surface area contributed by atoms with Crippen LogP contribution in [0.2, 0.25) is 5.15 Å². The van der Waals surface area contributed by atoms with Crippen LogP contribution in [0.15, 0.2) is 30.3 Å². The zero-order valence-electron chi connectivity index (χ0n) is 12.6. The average molecular weight is 306 g/mol. The number of anilines is 1. The Morgan fingerprint density at radius 3 is 2.57 bits per heavy atom. The summed E-state index contributed by atoms with van der Waals surface area (Å²) >= 11 is 6.15. The highest BCUT2D eigenvalue weighted by Crippen LogP contribution is 2.22. The van der Waals surface area contributed by atoms with Crippen molar-refractivity contribution in [1.29, 1.82) is 0 Å². The zero-order valence-corrected chi connectivity index (χ0v) is 13.3. The first-order chi connectivity index (χ1) is 10.1. The number of hydrogen-bond acceptors (Lipinski definition) is 4. The fraction of sp³-hybridized carbons (Fsp3) is 0.375. The maximum atomic E-state index is 6.15. The van der Waals surface area contributed by atoms with E-state index in [0.29, 0.717) is 18.3 Å². The predicted molar refractivity (Wildman–Crippen MR) is 86.3 cm³/mol. The molecule has 5 heteroatoms. The Morgan fingerprint density at radius 2 is 1.90 bits per heavy atom. The second-order valence-electron chi connectivity index (χ2n) is 5.09. The predicted octanol–water partition coefficient (Wildman–Crippen LogP) is 4.05. The molecule has 0 bridgehead atoms. The first-order valence-electron chi connectivity index (χ1n) is 7.03. The third kappa shape index (κ3) is 4.33. The Hall–Kier alpha value is -1.81. The summed E-state index contributed by atoms with van der Waals surface area (Å²) < 4.78 is 5.64. The minimum atomic E-state index is 0.240. The van der Waals surface area contributed by atoms with E-state index in [1.807, 2.05) is 51.1 Å². The molecular formula is C16H20ClN3O. The van der Waals surface area contributed by atoms with Crippen LogP contribution in [0, 0.1) is 6.92 Å². The number of aromatic nitrogens is 2. The summed E-state index contributed by atoms with van der Waals surface area (Å²) in [5.74, 6) is 2.62. The summed E-state index contributed by atoms with van der Waals surface area (Å²) in [7, 11) is 0. The van der Waals surface area contributed by atoms with Crippen LogP contribution < -0.4 is 10.1 Å². The van der Waals surface area contributed by atoms with Crippen molar-refractivity contribution < 1.29 is 4.74 Å².